The van der Waals surface area contributed by atoms with E-state index in [1.54, 1.807) is 6.08 Å². The van der Waals surface area contributed by atoms with Crippen LogP contribution in [0.2, 0.25) is 0 Å². The molecule has 0 spiro atoms. The van der Waals surface area contributed by atoms with Crippen LogP contribution in [-0.4, -0.2) is 81.2 Å². The average Bonchev–Trinajstić information content (AvgIpc) is 3.23. The first-order chi connectivity index (χ1) is 30.4. The minimum atomic E-state index is -4.68. The van der Waals surface area contributed by atoms with Crippen LogP contribution >= 0.6 is 7.82 Å². The van der Waals surface area contributed by atoms with E-state index in [1.165, 1.54) is 0 Å². The highest BCUT2D eigenvalue weighted by molar-refractivity contribution is 7.45. The number of rotatable bonds is 39. The number of nitrogens with zero attached hydrogens (tertiary/aromatic N) is 1. The first-order valence-corrected chi connectivity index (χ1v) is 24.5. The van der Waals surface area contributed by atoms with E-state index in [2.05, 4.69) is 92.8 Å². The van der Waals surface area contributed by atoms with Crippen LogP contribution in [0.3, 0.4) is 0 Å². The number of likely N-dealkylation sites (N-methyl/N-ethyl adjacent to an activating group) is 1. The Kier molecular flexibility index (Phi) is 39.5. The van der Waals surface area contributed by atoms with Gasteiger partial charge >= 0.3 is 11.9 Å². The van der Waals surface area contributed by atoms with Crippen molar-refractivity contribution in [3.05, 3.63) is 134 Å². The van der Waals surface area contributed by atoms with Crippen molar-refractivity contribution >= 4 is 19.8 Å². The Morgan fingerprint density at radius 1 is 0.587 bits per heavy atom. The molecule has 0 aromatic heterocycles. The van der Waals surface area contributed by atoms with Crippen LogP contribution in [0.4, 0.5) is 0 Å². The Balaban J connectivity index is 4.61. The number of aliphatic hydroxyl groups is 1. The molecule has 0 rings (SSSR count). The molecular weight excluding hydrogens is 814 g/mol. The zero-order valence-corrected chi connectivity index (χ0v) is 40.2. The minimum Gasteiger partial charge on any atom is -0.756 e. The summed E-state index contributed by atoms with van der Waals surface area (Å²) < 4.78 is 33.8. The van der Waals surface area contributed by atoms with Crippen molar-refractivity contribution in [2.24, 2.45) is 0 Å². The van der Waals surface area contributed by atoms with Gasteiger partial charge in [0.05, 0.1) is 33.9 Å². The summed E-state index contributed by atoms with van der Waals surface area (Å²) in [6.07, 6.45) is 56.7. The summed E-state index contributed by atoms with van der Waals surface area (Å²) >= 11 is 0. The summed E-state index contributed by atoms with van der Waals surface area (Å²) in [4.78, 5) is 37.6. The smallest absolute Gasteiger partial charge is 0.306 e. The highest BCUT2D eigenvalue weighted by atomic mass is 31.2. The summed E-state index contributed by atoms with van der Waals surface area (Å²) in [5, 5.41) is 10.0. The quantitative estimate of drug-likeness (QED) is 0.0160. The van der Waals surface area contributed by atoms with Crippen LogP contribution in [0.5, 0.6) is 0 Å². The summed E-state index contributed by atoms with van der Waals surface area (Å²) in [6, 6.07) is 0. The predicted octanol–water partition coefficient (Wildman–Crippen LogP) is 11.8. The number of carbonyl (C=O) groups is 2. The van der Waals surface area contributed by atoms with E-state index in [0.717, 1.165) is 70.6 Å². The number of hydrogen-bond acceptors (Lipinski definition) is 9. The number of carbonyl (C=O) groups excluding carboxylic acids is 2. The lowest BCUT2D eigenvalue weighted by Crippen LogP contribution is -2.37. The van der Waals surface area contributed by atoms with Gasteiger partial charge in [0.25, 0.3) is 7.82 Å². The zero-order valence-electron chi connectivity index (χ0n) is 39.3. The van der Waals surface area contributed by atoms with Crippen molar-refractivity contribution in [3.63, 3.8) is 0 Å². The Morgan fingerprint density at radius 3 is 1.65 bits per heavy atom. The van der Waals surface area contributed by atoms with E-state index in [1.807, 2.05) is 69.8 Å². The fraction of sp³-hybridized carbons (Fsp3) is 0.538. The minimum absolute atomic E-state index is 0.0597. The third-order valence-electron chi connectivity index (χ3n) is 8.76. The highest BCUT2D eigenvalue weighted by Gasteiger charge is 2.21. The van der Waals surface area contributed by atoms with Crippen molar-refractivity contribution in [1.29, 1.82) is 0 Å². The van der Waals surface area contributed by atoms with Crippen LogP contribution in [0, 0.1) is 0 Å². The van der Waals surface area contributed by atoms with Gasteiger partial charge in [0, 0.05) is 12.8 Å². The van der Waals surface area contributed by atoms with Crippen LogP contribution in [0.15, 0.2) is 134 Å². The Hall–Kier alpha value is -3.89. The maximum Gasteiger partial charge on any atom is 0.306 e. The van der Waals surface area contributed by atoms with Crippen LogP contribution < -0.4 is 4.89 Å². The van der Waals surface area contributed by atoms with E-state index in [4.69, 9.17) is 18.5 Å². The lowest BCUT2D eigenvalue weighted by molar-refractivity contribution is -0.870. The second-order valence-electron chi connectivity index (χ2n) is 15.8. The van der Waals surface area contributed by atoms with Gasteiger partial charge in [-0.3, -0.25) is 14.2 Å². The van der Waals surface area contributed by atoms with E-state index in [-0.39, 0.29) is 26.1 Å². The van der Waals surface area contributed by atoms with Gasteiger partial charge < -0.3 is 33.0 Å². The van der Waals surface area contributed by atoms with Gasteiger partial charge in [0.2, 0.25) is 0 Å². The van der Waals surface area contributed by atoms with Crippen molar-refractivity contribution in [2.75, 3.05) is 47.5 Å². The molecule has 0 saturated heterocycles. The first kappa shape index (κ1) is 59.1. The van der Waals surface area contributed by atoms with Crippen molar-refractivity contribution in [2.45, 2.75) is 135 Å². The lowest BCUT2D eigenvalue weighted by atomic mass is 10.1. The molecule has 63 heavy (non-hydrogen) atoms. The molecule has 0 aliphatic carbocycles. The molecule has 0 amide bonds. The molecule has 0 fully saturated rings. The van der Waals surface area contributed by atoms with Crippen LogP contribution in [0.25, 0.3) is 0 Å². The van der Waals surface area contributed by atoms with Crippen LogP contribution in [-0.2, 0) is 32.7 Å². The second kappa shape index (κ2) is 42.1. The molecule has 0 bridgehead atoms. The molecule has 0 heterocycles. The number of quaternary nitrogens is 1. The average molecular weight is 896 g/mol. The Bertz CT molecular complexity index is 1540. The van der Waals surface area contributed by atoms with Gasteiger partial charge in [0.15, 0.2) is 6.10 Å². The monoisotopic (exact) mass is 896 g/mol. The molecule has 0 radical (unpaired) electrons. The number of unbranched alkanes of at least 4 members (excludes halogenated alkanes) is 3. The van der Waals surface area contributed by atoms with Crippen LogP contribution in [0.1, 0.15) is 123 Å². The van der Waals surface area contributed by atoms with Crippen molar-refractivity contribution in [1.82, 2.24) is 0 Å². The molecule has 0 aliphatic heterocycles. The number of ether oxygens (including phenoxy) is 2. The third kappa shape index (κ3) is 45.9. The van der Waals surface area contributed by atoms with Gasteiger partial charge in [-0.25, -0.2) is 0 Å². The molecule has 10 nitrogen and oxygen atoms in total. The molecule has 0 aromatic carbocycles. The lowest BCUT2D eigenvalue weighted by Gasteiger charge is -2.28. The fourth-order valence-corrected chi connectivity index (χ4v) is 5.93. The number of phosphoric ester groups is 1. The summed E-state index contributed by atoms with van der Waals surface area (Å²) in [7, 11) is 1.04. The molecule has 0 aromatic rings. The largest absolute Gasteiger partial charge is 0.756 e. The third-order valence-corrected chi connectivity index (χ3v) is 9.72. The van der Waals surface area contributed by atoms with Gasteiger partial charge in [-0.05, 0) is 89.9 Å². The molecule has 11 heteroatoms. The normalized spacial score (nSPS) is 15.2. The van der Waals surface area contributed by atoms with Gasteiger partial charge in [-0.15, -0.1) is 0 Å². The second-order valence-corrected chi connectivity index (χ2v) is 17.3. The number of esters is 2. The molecule has 2 unspecified atom stereocenters. The first-order valence-electron chi connectivity index (χ1n) is 23.0. The molecule has 0 aliphatic rings. The zero-order chi connectivity index (χ0) is 46.5. The number of hydrogen-bond donors (Lipinski definition) is 1. The van der Waals surface area contributed by atoms with Crippen molar-refractivity contribution < 1.29 is 47.2 Å². The van der Waals surface area contributed by atoms with Gasteiger partial charge in [-0.2, -0.15) is 0 Å². The van der Waals surface area contributed by atoms with E-state index in [9.17, 15) is 24.2 Å². The molecule has 354 valence electrons. The standard InChI is InChI=1S/C52H82NO9P/c1-6-8-10-12-14-15-16-17-18-19-20-21-22-23-24-28-31-35-39-43-51(55)59-47-50(48-61-63(57,58)60-46-45-53(3,4)5)62-52(56)44-40-36-32-29-26-25-27-30-34-38-42-49(54)41-37-33-13-11-9-7-2/h8-11,14-15,17-18,20-21,23-26,30,32-34,36-38,42,49-50,54H,6-7,12-13,16,19,22,27-29,31,35,39-41,43-48H2,1-5H3/b10-8-,11-9-,15-14-,18-17-,21-20-,24-23-,26-25-,34-30-,36-32-,37-33-,42-38+/t49?,50-/m1/s1. The predicted molar refractivity (Wildman–Crippen MR) is 260 cm³/mol. The van der Waals surface area contributed by atoms with E-state index < -0.39 is 38.6 Å². The summed E-state index contributed by atoms with van der Waals surface area (Å²) in [5.41, 5.74) is 0. The molecule has 1 N–H and O–H groups in total. The maximum absolute atomic E-state index is 12.7. The van der Waals surface area contributed by atoms with Gasteiger partial charge in [0.1, 0.15) is 19.8 Å². The molecule has 3 atom stereocenters. The van der Waals surface area contributed by atoms with Gasteiger partial charge in [-0.1, -0.05) is 154 Å². The fourth-order valence-electron chi connectivity index (χ4n) is 5.20. The Labute approximate surface area is 382 Å². The van der Waals surface area contributed by atoms with Crippen molar-refractivity contribution in [3.8, 4) is 0 Å². The van der Waals surface area contributed by atoms with E-state index >= 15 is 0 Å². The molecular formula is C52H82NO9P. The van der Waals surface area contributed by atoms with E-state index in [0.29, 0.717) is 36.7 Å². The maximum atomic E-state index is 12.7. The Morgan fingerprint density at radius 2 is 1.10 bits per heavy atom. The SMILES string of the molecule is CC/C=C\C/C=C\C/C=C\C/C=C\C/C=C\CCCCCC(=O)OC[C@H](COP(=O)([O-])OCC[N+](C)(C)C)OC(=O)CC/C=C\C/C=C\C/C=C\C=C\C(O)C/C=C\C/C=C\CC. The number of phosphoric acid groups is 1. The molecule has 0 saturated carbocycles. The number of allylic oxidation sites excluding steroid dienone is 20. The highest BCUT2D eigenvalue weighted by Crippen LogP contribution is 2.38. The number of aliphatic hydroxyl groups excluding tert-OH is 1. The summed E-state index contributed by atoms with van der Waals surface area (Å²) in [5.74, 6) is -1.02. The topological polar surface area (TPSA) is 131 Å². The summed E-state index contributed by atoms with van der Waals surface area (Å²) in [6.45, 7) is 3.75.